The molecule has 0 aliphatic carbocycles. The molecule has 2 aromatic carbocycles. The molecule has 3 nitrogen and oxygen atoms in total. The summed E-state index contributed by atoms with van der Waals surface area (Å²) in [6.07, 6.45) is 0. The summed E-state index contributed by atoms with van der Waals surface area (Å²) in [7, 11) is 0. The maximum Gasteiger partial charge on any atom is 0.262 e. The molecule has 0 atom stereocenters. The van der Waals surface area contributed by atoms with E-state index in [1.54, 1.807) is 6.07 Å². The highest BCUT2D eigenvalue weighted by Gasteiger charge is 2.09. The van der Waals surface area contributed by atoms with Gasteiger partial charge >= 0.3 is 0 Å². The second kappa shape index (κ2) is 6.34. The summed E-state index contributed by atoms with van der Waals surface area (Å²) in [5.74, 6) is -1.41. The lowest BCUT2D eigenvalue weighted by atomic mass is 10.3. The summed E-state index contributed by atoms with van der Waals surface area (Å²) in [4.78, 5) is 11.6. The number of hydrogen-bond donors (Lipinski definition) is 1. The SMILES string of the molecule is O=C(COc1ccc(F)cc1Cl)Nc1ccccc1F. The van der Waals surface area contributed by atoms with Gasteiger partial charge < -0.3 is 10.1 Å². The smallest absolute Gasteiger partial charge is 0.262 e. The fourth-order valence-electron chi connectivity index (χ4n) is 1.48. The Morgan fingerprint density at radius 1 is 1.20 bits per heavy atom. The van der Waals surface area contributed by atoms with Crippen molar-refractivity contribution in [1.82, 2.24) is 0 Å². The lowest BCUT2D eigenvalue weighted by Gasteiger charge is -2.09. The van der Waals surface area contributed by atoms with Gasteiger partial charge in [0.05, 0.1) is 10.7 Å². The van der Waals surface area contributed by atoms with Crippen LogP contribution in [0.5, 0.6) is 5.75 Å². The van der Waals surface area contributed by atoms with Crippen LogP contribution >= 0.6 is 11.6 Å². The molecule has 0 unspecified atom stereocenters. The van der Waals surface area contributed by atoms with Crippen molar-refractivity contribution in [2.24, 2.45) is 0 Å². The number of carbonyl (C=O) groups excluding carboxylic acids is 1. The number of nitrogens with one attached hydrogen (secondary N) is 1. The van der Waals surface area contributed by atoms with E-state index in [2.05, 4.69) is 5.32 Å². The lowest BCUT2D eigenvalue weighted by Crippen LogP contribution is -2.20. The van der Waals surface area contributed by atoms with Gasteiger partial charge in [0.25, 0.3) is 5.91 Å². The van der Waals surface area contributed by atoms with Gasteiger partial charge in [-0.3, -0.25) is 4.79 Å². The van der Waals surface area contributed by atoms with E-state index in [4.69, 9.17) is 16.3 Å². The van der Waals surface area contributed by atoms with Gasteiger partial charge in [-0.05, 0) is 30.3 Å². The molecule has 0 heterocycles. The fraction of sp³-hybridized carbons (Fsp3) is 0.0714. The summed E-state index contributed by atoms with van der Waals surface area (Å²) in [5, 5.41) is 2.41. The van der Waals surface area contributed by atoms with Crippen LogP contribution in [0.25, 0.3) is 0 Å². The quantitative estimate of drug-likeness (QED) is 0.936. The van der Waals surface area contributed by atoms with Gasteiger partial charge in [-0.15, -0.1) is 0 Å². The third kappa shape index (κ3) is 3.68. The summed E-state index contributed by atoms with van der Waals surface area (Å²) in [5.41, 5.74) is 0.0614. The van der Waals surface area contributed by atoms with Gasteiger partial charge in [-0.25, -0.2) is 8.78 Å². The molecule has 0 aliphatic rings. The van der Waals surface area contributed by atoms with E-state index >= 15 is 0 Å². The molecule has 0 bridgehead atoms. The standard InChI is InChI=1S/C14H10ClF2NO2/c15-10-7-9(16)5-6-13(10)20-8-14(19)18-12-4-2-1-3-11(12)17/h1-7H,8H2,(H,18,19). The molecule has 6 heteroatoms. The zero-order chi connectivity index (χ0) is 14.5. The van der Waals surface area contributed by atoms with E-state index in [1.807, 2.05) is 0 Å². The van der Waals surface area contributed by atoms with Crippen LogP contribution in [0.4, 0.5) is 14.5 Å². The summed E-state index contributed by atoms with van der Waals surface area (Å²) in [6, 6.07) is 9.32. The zero-order valence-corrected chi connectivity index (χ0v) is 11.0. The second-order valence-corrected chi connectivity index (χ2v) is 4.30. The van der Waals surface area contributed by atoms with Gasteiger partial charge in [-0.1, -0.05) is 23.7 Å². The Hall–Kier alpha value is -2.14. The number of anilines is 1. The topological polar surface area (TPSA) is 38.3 Å². The molecular formula is C14H10ClF2NO2. The van der Waals surface area contributed by atoms with E-state index in [0.29, 0.717) is 0 Å². The first-order valence-electron chi connectivity index (χ1n) is 5.68. The van der Waals surface area contributed by atoms with Gasteiger partial charge in [-0.2, -0.15) is 0 Å². The first-order chi connectivity index (χ1) is 9.56. The minimum absolute atomic E-state index is 0.0590. The van der Waals surface area contributed by atoms with Gasteiger partial charge in [0.1, 0.15) is 17.4 Å². The molecular weight excluding hydrogens is 288 g/mol. The van der Waals surface area contributed by atoms with Crippen LogP contribution in [-0.4, -0.2) is 12.5 Å². The van der Waals surface area contributed by atoms with E-state index < -0.39 is 17.5 Å². The first-order valence-corrected chi connectivity index (χ1v) is 6.06. The molecule has 0 aliphatic heterocycles. The van der Waals surface area contributed by atoms with Crippen molar-refractivity contribution in [3.05, 3.63) is 59.1 Å². The van der Waals surface area contributed by atoms with E-state index in [1.165, 1.54) is 24.3 Å². The Morgan fingerprint density at radius 3 is 2.65 bits per heavy atom. The minimum atomic E-state index is -0.546. The van der Waals surface area contributed by atoms with Crippen LogP contribution in [0.1, 0.15) is 0 Å². The average Bonchev–Trinajstić information content (AvgIpc) is 2.40. The van der Waals surface area contributed by atoms with Crippen molar-refractivity contribution in [3.8, 4) is 5.75 Å². The maximum atomic E-state index is 13.3. The van der Waals surface area contributed by atoms with E-state index in [0.717, 1.165) is 12.1 Å². The van der Waals surface area contributed by atoms with Crippen molar-refractivity contribution >= 4 is 23.2 Å². The molecule has 0 radical (unpaired) electrons. The molecule has 20 heavy (non-hydrogen) atoms. The van der Waals surface area contributed by atoms with Crippen LogP contribution in [0, 0.1) is 11.6 Å². The largest absolute Gasteiger partial charge is 0.482 e. The number of rotatable bonds is 4. The number of benzene rings is 2. The van der Waals surface area contributed by atoms with Crippen molar-refractivity contribution in [3.63, 3.8) is 0 Å². The number of amides is 1. The minimum Gasteiger partial charge on any atom is -0.482 e. The van der Waals surface area contributed by atoms with E-state index in [9.17, 15) is 13.6 Å². The molecule has 2 aromatic rings. The Kier molecular flexibility index (Phi) is 4.53. The van der Waals surface area contributed by atoms with Gasteiger partial charge in [0.2, 0.25) is 0 Å². The van der Waals surface area contributed by atoms with E-state index in [-0.39, 0.29) is 23.1 Å². The van der Waals surface area contributed by atoms with Gasteiger partial charge in [0, 0.05) is 0 Å². The third-order valence-corrected chi connectivity index (χ3v) is 2.70. The monoisotopic (exact) mass is 297 g/mol. The predicted molar refractivity (Wildman–Crippen MR) is 71.9 cm³/mol. The van der Waals surface area contributed by atoms with Crippen LogP contribution in [-0.2, 0) is 4.79 Å². The molecule has 104 valence electrons. The molecule has 0 saturated heterocycles. The van der Waals surface area contributed by atoms with Crippen LogP contribution in [0.2, 0.25) is 5.02 Å². The molecule has 0 fully saturated rings. The molecule has 0 spiro atoms. The van der Waals surface area contributed by atoms with Gasteiger partial charge in [0.15, 0.2) is 6.61 Å². The van der Waals surface area contributed by atoms with Crippen molar-refractivity contribution < 1.29 is 18.3 Å². The van der Waals surface area contributed by atoms with Crippen LogP contribution in [0.3, 0.4) is 0 Å². The van der Waals surface area contributed by atoms with Crippen molar-refractivity contribution in [2.75, 3.05) is 11.9 Å². The van der Waals surface area contributed by atoms with Crippen LogP contribution < -0.4 is 10.1 Å². The molecule has 1 N–H and O–H groups in total. The number of halogens is 3. The predicted octanol–water partition coefficient (Wildman–Crippen LogP) is 3.64. The number of para-hydroxylation sites is 1. The molecule has 2 rings (SSSR count). The maximum absolute atomic E-state index is 13.3. The zero-order valence-electron chi connectivity index (χ0n) is 10.2. The summed E-state index contributed by atoms with van der Waals surface area (Å²) in [6.45, 7) is -0.361. The molecule has 0 aromatic heterocycles. The van der Waals surface area contributed by atoms with Crippen molar-refractivity contribution in [2.45, 2.75) is 0 Å². The highest BCUT2D eigenvalue weighted by Crippen LogP contribution is 2.24. The first kappa shape index (κ1) is 14.3. The molecule has 1 amide bonds. The highest BCUT2D eigenvalue weighted by molar-refractivity contribution is 6.32. The number of carbonyl (C=O) groups is 1. The van der Waals surface area contributed by atoms with Crippen molar-refractivity contribution in [1.29, 1.82) is 0 Å². The normalized spacial score (nSPS) is 10.2. The fourth-order valence-corrected chi connectivity index (χ4v) is 1.71. The Balaban J connectivity index is 1.94. The lowest BCUT2D eigenvalue weighted by molar-refractivity contribution is -0.118. The second-order valence-electron chi connectivity index (χ2n) is 3.89. The van der Waals surface area contributed by atoms with Crippen LogP contribution in [0.15, 0.2) is 42.5 Å². The number of ether oxygens (including phenoxy) is 1. The molecule has 0 saturated carbocycles. The Morgan fingerprint density at radius 2 is 1.95 bits per heavy atom. The third-order valence-electron chi connectivity index (χ3n) is 2.40. The Bertz CT molecular complexity index is 634. The highest BCUT2D eigenvalue weighted by atomic mass is 35.5. The summed E-state index contributed by atoms with van der Waals surface area (Å²) >= 11 is 5.74. The Labute approximate surface area is 119 Å². The average molecular weight is 298 g/mol. The number of hydrogen-bond acceptors (Lipinski definition) is 2. The summed E-state index contributed by atoms with van der Waals surface area (Å²) < 4.78 is 31.3.